The van der Waals surface area contributed by atoms with Crippen molar-refractivity contribution < 1.29 is 4.42 Å². The molecule has 0 bridgehead atoms. The minimum Gasteiger partial charge on any atom is -0.456 e. The predicted octanol–water partition coefficient (Wildman–Crippen LogP) is 16.3. The quantitative estimate of drug-likeness (QED) is 0.161. The topological polar surface area (TPSA) is 21.3 Å². The summed E-state index contributed by atoms with van der Waals surface area (Å²) in [5.74, 6) is 0. The number of hydrogen-bond acceptors (Lipinski definition) is 2. The van der Waals surface area contributed by atoms with Crippen LogP contribution < -0.4 is 4.90 Å². The highest BCUT2D eigenvalue weighted by Gasteiger charge is 2.23. The maximum atomic E-state index is 6.69. The third-order valence-corrected chi connectivity index (χ3v) is 12.2. The van der Waals surface area contributed by atoms with Crippen LogP contribution in [-0.2, 0) is 0 Å². The predicted molar refractivity (Wildman–Crippen MR) is 257 cm³/mol. The highest BCUT2D eigenvalue weighted by molar-refractivity contribution is 6.27. The molecule has 0 aliphatic rings. The van der Waals surface area contributed by atoms with E-state index in [-0.39, 0.29) is 0 Å². The van der Waals surface area contributed by atoms with Crippen LogP contribution in [0.3, 0.4) is 0 Å². The van der Waals surface area contributed by atoms with Gasteiger partial charge in [0.1, 0.15) is 11.2 Å². The number of para-hydroxylation sites is 3. The van der Waals surface area contributed by atoms with Crippen LogP contribution in [0.5, 0.6) is 0 Å². The molecule has 10 aromatic carbocycles. The number of hydrogen-bond donors (Lipinski definition) is 0. The minimum absolute atomic E-state index is 0.877. The molecule has 2 heterocycles. The van der Waals surface area contributed by atoms with Gasteiger partial charge in [-0.25, -0.2) is 0 Å². The van der Waals surface area contributed by atoms with Crippen molar-refractivity contribution in [2.75, 3.05) is 4.90 Å². The van der Waals surface area contributed by atoms with E-state index in [2.05, 4.69) is 240 Å². The Balaban J connectivity index is 1.05. The van der Waals surface area contributed by atoms with Gasteiger partial charge in [0.05, 0.1) is 11.0 Å². The molecule has 0 N–H and O–H groups in total. The SMILES string of the molecule is c1ccc(-c2c3c(cc4c2c2ccc(-c5cccc6ccccc56)cc2n4-c2ccc(-c4ccc(N(c5ccccc5)c5ccccc5)cc4)cc2)oc2ccccc23)cc1. The molecule has 3 heteroatoms. The zero-order chi connectivity index (χ0) is 40.3. The van der Waals surface area contributed by atoms with Gasteiger partial charge in [-0.3, -0.25) is 0 Å². The molecule has 0 atom stereocenters. The highest BCUT2D eigenvalue weighted by Crippen LogP contribution is 2.47. The number of nitrogens with zero attached hydrogens (tertiary/aromatic N) is 2. The fourth-order valence-corrected chi connectivity index (χ4v) is 9.40. The molecule has 0 saturated heterocycles. The maximum absolute atomic E-state index is 6.69. The molecule has 2 aromatic heterocycles. The Bertz CT molecular complexity index is 3500. The Kier molecular flexibility index (Phi) is 8.17. The molecule has 0 aliphatic heterocycles. The van der Waals surface area contributed by atoms with Crippen molar-refractivity contribution in [2.45, 2.75) is 0 Å². The summed E-state index contributed by atoms with van der Waals surface area (Å²) >= 11 is 0. The molecule has 12 rings (SSSR count). The third kappa shape index (κ3) is 5.82. The van der Waals surface area contributed by atoms with Gasteiger partial charge in [0.2, 0.25) is 0 Å². The van der Waals surface area contributed by atoms with Crippen LogP contribution in [0.2, 0.25) is 0 Å². The lowest BCUT2D eigenvalue weighted by molar-refractivity contribution is 0.669. The van der Waals surface area contributed by atoms with Crippen molar-refractivity contribution in [3.05, 3.63) is 231 Å². The second kappa shape index (κ2) is 14.3. The molecule has 0 amide bonds. The zero-order valence-electron chi connectivity index (χ0n) is 33.2. The monoisotopic (exact) mass is 778 g/mol. The Morgan fingerprint density at radius 3 is 1.64 bits per heavy atom. The lowest BCUT2D eigenvalue weighted by Crippen LogP contribution is -2.09. The number of fused-ring (bicyclic) bond motifs is 7. The first-order chi connectivity index (χ1) is 30.3. The molecule has 0 spiro atoms. The van der Waals surface area contributed by atoms with Crippen molar-refractivity contribution in [1.82, 2.24) is 4.57 Å². The molecule has 0 aliphatic carbocycles. The Morgan fingerprint density at radius 1 is 0.344 bits per heavy atom. The van der Waals surface area contributed by atoms with Gasteiger partial charge in [0.25, 0.3) is 0 Å². The van der Waals surface area contributed by atoms with Crippen LogP contribution >= 0.6 is 0 Å². The lowest BCUT2D eigenvalue weighted by atomic mass is 9.93. The normalized spacial score (nSPS) is 11.6. The van der Waals surface area contributed by atoms with Gasteiger partial charge < -0.3 is 13.9 Å². The summed E-state index contributed by atoms with van der Waals surface area (Å²) in [7, 11) is 0. The van der Waals surface area contributed by atoms with Gasteiger partial charge >= 0.3 is 0 Å². The number of furan rings is 1. The summed E-state index contributed by atoms with van der Waals surface area (Å²) in [6, 6.07) is 82.7. The van der Waals surface area contributed by atoms with Gasteiger partial charge in [-0.2, -0.15) is 0 Å². The van der Waals surface area contributed by atoms with E-state index in [0.29, 0.717) is 0 Å². The molecule has 0 saturated carbocycles. The first kappa shape index (κ1) is 34.9. The van der Waals surface area contributed by atoms with E-state index in [1.54, 1.807) is 0 Å². The van der Waals surface area contributed by atoms with E-state index >= 15 is 0 Å². The molecule has 0 radical (unpaired) electrons. The van der Waals surface area contributed by atoms with Crippen molar-refractivity contribution in [3.8, 4) is 39.1 Å². The molecular weight excluding hydrogens is 741 g/mol. The smallest absolute Gasteiger partial charge is 0.138 e. The summed E-state index contributed by atoms with van der Waals surface area (Å²) in [5.41, 5.74) is 15.5. The summed E-state index contributed by atoms with van der Waals surface area (Å²) in [4.78, 5) is 2.30. The zero-order valence-corrected chi connectivity index (χ0v) is 33.2. The maximum Gasteiger partial charge on any atom is 0.138 e. The van der Waals surface area contributed by atoms with E-state index < -0.39 is 0 Å². The summed E-state index contributed by atoms with van der Waals surface area (Å²) < 4.78 is 9.13. The van der Waals surface area contributed by atoms with Gasteiger partial charge in [-0.05, 0) is 99.3 Å². The third-order valence-electron chi connectivity index (χ3n) is 12.2. The summed E-state index contributed by atoms with van der Waals surface area (Å²) in [6.45, 7) is 0. The standard InChI is InChI=1S/C58H38N2O/c1-4-16-42(17-5-1)56-57-50-36-31-43(49-25-14-18-41-15-10-11-23-48(41)49)37-52(50)60(53(57)38-55-58(56)51-24-12-13-26-54(51)61-55)47-34-29-40(30-35-47)39-27-32-46(33-28-39)59(44-19-6-2-7-20-44)45-21-8-3-9-22-45/h1-38H. The fourth-order valence-electron chi connectivity index (χ4n) is 9.40. The van der Waals surface area contributed by atoms with E-state index in [0.717, 1.165) is 66.8 Å². The summed E-state index contributed by atoms with van der Waals surface area (Å²) in [5, 5.41) is 7.15. The largest absolute Gasteiger partial charge is 0.456 e. The molecule has 0 fully saturated rings. The van der Waals surface area contributed by atoms with E-state index in [1.807, 2.05) is 0 Å². The highest BCUT2D eigenvalue weighted by atomic mass is 16.3. The van der Waals surface area contributed by atoms with Crippen LogP contribution in [0.4, 0.5) is 17.1 Å². The average molecular weight is 779 g/mol. The number of benzene rings is 10. The second-order valence-electron chi connectivity index (χ2n) is 15.7. The first-order valence-corrected chi connectivity index (χ1v) is 20.8. The number of rotatable bonds is 7. The Hall–Kier alpha value is -8.14. The van der Waals surface area contributed by atoms with Crippen LogP contribution in [0, 0.1) is 0 Å². The first-order valence-electron chi connectivity index (χ1n) is 20.8. The average Bonchev–Trinajstić information content (AvgIpc) is 3.87. The van der Waals surface area contributed by atoms with Crippen LogP contribution in [0.1, 0.15) is 0 Å². The Labute approximate surface area is 353 Å². The molecule has 286 valence electrons. The fraction of sp³-hybridized carbons (Fsp3) is 0. The van der Waals surface area contributed by atoms with Crippen molar-refractivity contribution in [2.24, 2.45) is 0 Å². The van der Waals surface area contributed by atoms with Gasteiger partial charge in [-0.15, -0.1) is 0 Å². The van der Waals surface area contributed by atoms with Crippen LogP contribution in [0.25, 0.3) is 93.6 Å². The van der Waals surface area contributed by atoms with Gasteiger partial charge in [0, 0.05) is 55.9 Å². The van der Waals surface area contributed by atoms with Crippen molar-refractivity contribution >= 4 is 71.6 Å². The van der Waals surface area contributed by atoms with E-state index in [4.69, 9.17) is 4.42 Å². The van der Waals surface area contributed by atoms with Gasteiger partial charge in [-0.1, -0.05) is 164 Å². The molecule has 3 nitrogen and oxygen atoms in total. The minimum atomic E-state index is 0.877. The molecule has 0 unspecified atom stereocenters. The number of aromatic nitrogens is 1. The van der Waals surface area contributed by atoms with Crippen LogP contribution in [0.15, 0.2) is 235 Å². The molecular formula is C58H38N2O. The summed E-state index contributed by atoms with van der Waals surface area (Å²) in [6.07, 6.45) is 0. The van der Waals surface area contributed by atoms with Crippen LogP contribution in [-0.4, -0.2) is 4.57 Å². The lowest BCUT2D eigenvalue weighted by Gasteiger charge is -2.25. The number of anilines is 3. The van der Waals surface area contributed by atoms with Crippen molar-refractivity contribution in [3.63, 3.8) is 0 Å². The van der Waals surface area contributed by atoms with Gasteiger partial charge in [0.15, 0.2) is 0 Å². The van der Waals surface area contributed by atoms with Crippen molar-refractivity contribution in [1.29, 1.82) is 0 Å². The van der Waals surface area contributed by atoms with E-state index in [9.17, 15) is 0 Å². The Morgan fingerprint density at radius 2 is 0.918 bits per heavy atom. The molecule has 61 heavy (non-hydrogen) atoms. The second-order valence-corrected chi connectivity index (χ2v) is 15.7. The van der Waals surface area contributed by atoms with E-state index in [1.165, 1.54) is 43.8 Å². The molecule has 12 aromatic rings.